The van der Waals surface area contributed by atoms with Crippen LogP contribution in [0.1, 0.15) is 15.9 Å². The van der Waals surface area contributed by atoms with E-state index in [9.17, 15) is 17.6 Å². The number of carbonyl (C=O) groups is 1. The summed E-state index contributed by atoms with van der Waals surface area (Å²) in [5.74, 6) is -1.47. The highest BCUT2D eigenvalue weighted by Gasteiger charge is 2.20. The first-order valence-electron chi connectivity index (χ1n) is 7.26. The summed E-state index contributed by atoms with van der Waals surface area (Å²) >= 11 is 5.87. The van der Waals surface area contributed by atoms with Gasteiger partial charge in [-0.2, -0.15) is 0 Å². The minimum atomic E-state index is -4.08. The van der Waals surface area contributed by atoms with Crippen LogP contribution in [-0.2, 0) is 16.6 Å². The third-order valence-corrected chi connectivity index (χ3v) is 4.92. The second-order valence-electron chi connectivity index (χ2n) is 5.10. The van der Waals surface area contributed by atoms with Gasteiger partial charge >= 0.3 is 0 Å². The fourth-order valence-electron chi connectivity index (χ4n) is 2.03. The second-order valence-corrected chi connectivity index (χ2v) is 7.27. The fourth-order valence-corrected chi connectivity index (χ4v) is 3.34. The van der Waals surface area contributed by atoms with Gasteiger partial charge in [0.05, 0.1) is 0 Å². The molecular formula is C17H16ClFN2O3S. The molecule has 1 amide bonds. The topological polar surface area (TPSA) is 75.3 Å². The zero-order valence-corrected chi connectivity index (χ0v) is 14.7. The fraction of sp³-hybridized carbons (Fsp3) is 0.118. The Hall–Kier alpha value is -2.22. The predicted molar refractivity (Wildman–Crippen MR) is 94.4 cm³/mol. The van der Waals surface area contributed by atoms with Crippen LogP contribution in [-0.4, -0.2) is 20.9 Å². The maximum Gasteiger partial charge on any atom is 0.251 e. The van der Waals surface area contributed by atoms with Crippen LogP contribution in [0.4, 0.5) is 4.39 Å². The molecule has 2 N–H and O–H groups in total. The summed E-state index contributed by atoms with van der Waals surface area (Å²) in [5.41, 5.74) is 0.811. The van der Waals surface area contributed by atoms with Crippen LogP contribution in [0.15, 0.2) is 60.0 Å². The van der Waals surface area contributed by atoms with Crippen molar-refractivity contribution in [1.29, 1.82) is 0 Å². The smallest absolute Gasteiger partial charge is 0.251 e. The van der Waals surface area contributed by atoms with Gasteiger partial charge in [-0.1, -0.05) is 29.8 Å². The standard InChI is InChI=1S/C17H16ClFN2O3S/c1-2-8-21-25(23,24)16-10-13(6-7-15(16)19)17(22)20-11-12-4-3-5-14(18)9-12/h2-7,9-10,21H,1,8,11H2,(H,20,22). The van der Waals surface area contributed by atoms with Gasteiger partial charge < -0.3 is 5.32 Å². The molecule has 25 heavy (non-hydrogen) atoms. The summed E-state index contributed by atoms with van der Waals surface area (Å²) < 4.78 is 40.1. The number of nitrogens with one attached hydrogen (secondary N) is 2. The molecule has 2 aromatic rings. The molecule has 0 heterocycles. The van der Waals surface area contributed by atoms with E-state index in [1.54, 1.807) is 24.3 Å². The molecule has 0 spiro atoms. The Kier molecular flexibility index (Phi) is 6.30. The summed E-state index contributed by atoms with van der Waals surface area (Å²) in [5, 5.41) is 3.17. The number of sulfonamides is 1. The van der Waals surface area contributed by atoms with Gasteiger partial charge in [-0.25, -0.2) is 17.5 Å². The molecule has 0 bridgehead atoms. The van der Waals surface area contributed by atoms with Gasteiger partial charge in [-0.15, -0.1) is 6.58 Å². The van der Waals surface area contributed by atoms with Gasteiger partial charge in [0, 0.05) is 23.7 Å². The molecule has 0 aromatic heterocycles. The molecule has 5 nitrogen and oxygen atoms in total. The molecular weight excluding hydrogens is 367 g/mol. The molecule has 2 rings (SSSR count). The van der Waals surface area contributed by atoms with Crippen molar-refractivity contribution in [2.45, 2.75) is 11.4 Å². The minimum absolute atomic E-state index is 0.0300. The summed E-state index contributed by atoms with van der Waals surface area (Å²) in [4.78, 5) is 11.6. The van der Waals surface area contributed by atoms with E-state index in [4.69, 9.17) is 11.6 Å². The molecule has 132 valence electrons. The Morgan fingerprint density at radius 3 is 2.68 bits per heavy atom. The molecule has 0 aliphatic heterocycles. The van der Waals surface area contributed by atoms with Crippen molar-refractivity contribution in [3.05, 3.63) is 77.1 Å². The SMILES string of the molecule is C=CCNS(=O)(=O)c1cc(C(=O)NCc2cccc(Cl)c2)ccc1F. The molecule has 0 aliphatic rings. The average Bonchev–Trinajstić information content (AvgIpc) is 2.58. The summed E-state index contributed by atoms with van der Waals surface area (Å²) in [6.07, 6.45) is 1.33. The van der Waals surface area contributed by atoms with Crippen molar-refractivity contribution in [2.75, 3.05) is 6.54 Å². The van der Waals surface area contributed by atoms with Gasteiger partial charge in [0.1, 0.15) is 10.7 Å². The molecule has 2 aromatic carbocycles. The van der Waals surface area contributed by atoms with Crippen LogP contribution in [0, 0.1) is 5.82 Å². The van der Waals surface area contributed by atoms with E-state index >= 15 is 0 Å². The molecule has 0 unspecified atom stereocenters. The van der Waals surface area contributed by atoms with Gasteiger partial charge in [-0.3, -0.25) is 4.79 Å². The Morgan fingerprint density at radius 2 is 2.00 bits per heavy atom. The van der Waals surface area contributed by atoms with E-state index in [1.165, 1.54) is 12.1 Å². The number of amides is 1. The monoisotopic (exact) mass is 382 g/mol. The lowest BCUT2D eigenvalue weighted by Crippen LogP contribution is -2.26. The van der Waals surface area contributed by atoms with E-state index in [0.717, 1.165) is 17.7 Å². The molecule has 0 saturated carbocycles. The third kappa shape index (κ3) is 5.12. The molecule has 0 aliphatic carbocycles. The van der Waals surface area contributed by atoms with E-state index in [2.05, 4.69) is 16.6 Å². The zero-order chi connectivity index (χ0) is 18.4. The normalized spacial score (nSPS) is 11.1. The maximum atomic E-state index is 13.9. The number of halogens is 2. The minimum Gasteiger partial charge on any atom is -0.348 e. The first-order chi connectivity index (χ1) is 11.8. The van der Waals surface area contributed by atoms with Crippen molar-refractivity contribution in [1.82, 2.24) is 10.0 Å². The average molecular weight is 383 g/mol. The third-order valence-electron chi connectivity index (χ3n) is 3.24. The van der Waals surface area contributed by atoms with E-state index in [-0.39, 0.29) is 18.7 Å². The largest absolute Gasteiger partial charge is 0.348 e. The van der Waals surface area contributed by atoms with Crippen LogP contribution in [0.2, 0.25) is 5.02 Å². The Morgan fingerprint density at radius 1 is 1.24 bits per heavy atom. The lowest BCUT2D eigenvalue weighted by Gasteiger charge is -2.09. The number of carbonyl (C=O) groups excluding carboxylic acids is 1. The Balaban J connectivity index is 2.18. The van der Waals surface area contributed by atoms with E-state index in [0.29, 0.717) is 5.02 Å². The van der Waals surface area contributed by atoms with Crippen LogP contribution >= 0.6 is 11.6 Å². The van der Waals surface area contributed by atoms with E-state index in [1.807, 2.05) is 0 Å². The maximum absolute atomic E-state index is 13.9. The molecule has 8 heteroatoms. The molecule has 0 radical (unpaired) electrons. The lowest BCUT2D eigenvalue weighted by molar-refractivity contribution is 0.0950. The highest BCUT2D eigenvalue weighted by Crippen LogP contribution is 2.17. The van der Waals surface area contributed by atoms with Crippen molar-refractivity contribution in [3.63, 3.8) is 0 Å². The number of hydrogen-bond acceptors (Lipinski definition) is 3. The van der Waals surface area contributed by atoms with Gasteiger partial charge in [0.15, 0.2) is 0 Å². The molecule has 0 atom stereocenters. The van der Waals surface area contributed by atoms with Crippen molar-refractivity contribution < 1.29 is 17.6 Å². The summed E-state index contributed by atoms with van der Waals surface area (Å²) in [6.45, 7) is 3.54. The van der Waals surface area contributed by atoms with Crippen LogP contribution in [0.5, 0.6) is 0 Å². The Labute approximate surface area is 150 Å². The van der Waals surface area contributed by atoms with Crippen LogP contribution in [0.25, 0.3) is 0 Å². The predicted octanol–water partition coefficient (Wildman–Crippen LogP) is 2.87. The van der Waals surface area contributed by atoms with Crippen LogP contribution in [0.3, 0.4) is 0 Å². The zero-order valence-electron chi connectivity index (χ0n) is 13.1. The Bertz CT molecular complexity index is 901. The first kappa shape index (κ1) is 19.1. The highest BCUT2D eigenvalue weighted by molar-refractivity contribution is 7.89. The first-order valence-corrected chi connectivity index (χ1v) is 9.12. The van der Waals surface area contributed by atoms with Gasteiger partial charge in [-0.05, 0) is 35.9 Å². The van der Waals surface area contributed by atoms with Crippen molar-refractivity contribution in [2.24, 2.45) is 0 Å². The number of benzene rings is 2. The van der Waals surface area contributed by atoms with Crippen molar-refractivity contribution >= 4 is 27.5 Å². The highest BCUT2D eigenvalue weighted by atomic mass is 35.5. The lowest BCUT2D eigenvalue weighted by atomic mass is 10.2. The molecule has 0 fully saturated rings. The van der Waals surface area contributed by atoms with Gasteiger partial charge in [0.25, 0.3) is 5.91 Å². The summed E-state index contributed by atoms with van der Waals surface area (Å²) in [7, 11) is -4.08. The van der Waals surface area contributed by atoms with Gasteiger partial charge in [0.2, 0.25) is 10.0 Å². The van der Waals surface area contributed by atoms with Crippen LogP contribution < -0.4 is 10.0 Å². The number of hydrogen-bond donors (Lipinski definition) is 2. The van der Waals surface area contributed by atoms with Crippen molar-refractivity contribution in [3.8, 4) is 0 Å². The summed E-state index contributed by atoms with van der Waals surface area (Å²) in [6, 6.07) is 10.1. The molecule has 0 saturated heterocycles. The number of rotatable bonds is 7. The quantitative estimate of drug-likeness (QED) is 0.723. The van der Waals surface area contributed by atoms with E-state index < -0.39 is 26.6 Å². The second kappa shape index (κ2) is 8.24.